The maximum atomic E-state index is 9.89. The highest BCUT2D eigenvalue weighted by molar-refractivity contribution is 5.40. The average Bonchev–Trinajstić information content (AvgIpc) is 2.46. The van der Waals surface area contributed by atoms with Crippen molar-refractivity contribution in [1.82, 2.24) is 0 Å². The van der Waals surface area contributed by atoms with Gasteiger partial charge in [-0.2, -0.15) is 10.5 Å². The highest BCUT2D eigenvalue weighted by Gasteiger charge is 2.52. The number of nitrogens with zero attached hydrogens (tertiary/aromatic N) is 2. The van der Waals surface area contributed by atoms with Crippen molar-refractivity contribution in [2.45, 2.75) is 40.0 Å². The molecule has 0 N–H and O–H groups in total. The Bertz CT molecular complexity index is 606. The van der Waals surface area contributed by atoms with Crippen LogP contribution in [0.25, 0.3) is 0 Å². The summed E-state index contributed by atoms with van der Waals surface area (Å²) < 4.78 is 0. The number of benzene rings is 1. The monoisotopic (exact) mass is 278 g/mol. The number of nitriles is 2. The van der Waals surface area contributed by atoms with Crippen LogP contribution < -0.4 is 0 Å². The van der Waals surface area contributed by atoms with Gasteiger partial charge in [0.15, 0.2) is 5.41 Å². The molecule has 0 saturated carbocycles. The van der Waals surface area contributed by atoms with Crippen molar-refractivity contribution >= 4 is 0 Å². The van der Waals surface area contributed by atoms with Crippen LogP contribution in [0.1, 0.15) is 45.6 Å². The number of rotatable bonds is 1. The van der Waals surface area contributed by atoms with Gasteiger partial charge in [-0.05, 0) is 24.3 Å². The molecule has 0 bridgehead atoms. The van der Waals surface area contributed by atoms with Gasteiger partial charge in [0.05, 0.1) is 12.1 Å². The zero-order valence-electron chi connectivity index (χ0n) is 13.2. The van der Waals surface area contributed by atoms with Gasteiger partial charge in [0, 0.05) is 11.8 Å². The Kier molecular flexibility index (Phi) is 3.93. The molecular formula is C19H22N2. The third-order valence-electron chi connectivity index (χ3n) is 4.59. The van der Waals surface area contributed by atoms with E-state index in [2.05, 4.69) is 45.9 Å². The number of hydrogen-bond acceptors (Lipinski definition) is 2. The Morgan fingerprint density at radius 1 is 1.10 bits per heavy atom. The Labute approximate surface area is 127 Å². The molecule has 0 spiro atoms. The molecule has 2 heteroatoms. The quantitative estimate of drug-likeness (QED) is 0.692. The van der Waals surface area contributed by atoms with Crippen molar-refractivity contribution in [2.24, 2.45) is 16.7 Å². The van der Waals surface area contributed by atoms with Crippen LogP contribution in [-0.2, 0) is 0 Å². The van der Waals surface area contributed by atoms with E-state index in [1.807, 2.05) is 30.3 Å². The molecule has 0 aromatic heterocycles. The third kappa shape index (κ3) is 2.59. The molecule has 0 saturated heterocycles. The van der Waals surface area contributed by atoms with Crippen molar-refractivity contribution in [3.05, 3.63) is 47.5 Å². The highest BCUT2D eigenvalue weighted by Crippen LogP contribution is 2.54. The maximum absolute atomic E-state index is 9.89. The fourth-order valence-electron chi connectivity index (χ4n) is 3.51. The summed E-state index contributed by atoms with van der Waals surface area (Å²) in [7, 11) is 0. The first-order valence-corrected chi connectivity index (χ1v) is 7.40. The summed E-state index contributed by atoms with van der Waals surface area (Å²) in [6, 6.07) is 14.7. The van der Waals surface area contributed by atoms with Crippen LogP contribution in [0.2, 0.25) is 0 Å². The lowest BCUT2D eigenvalue weighted by Crippen LogP contribution is -2.43. The predicted octanol–water partition coefficient (Wildman–Crippen LogP) is 4.82. The van der Waals surface area contributed by atoms with E-state index in [9.17, 15) is 10.5 Å². The molecule has 0 radical (unpaired) electrons. The predicted molar refractivity (Wildman–Crippen MR) is 84.2 cm³/mol. The molecule has 2 atom stereocenters. The van der Waals surface area contributed by atoms with Crippen molar-refractivity contribution in [3.63, 3.8) is 0 Å². The molecule has 108 valence electrons. The largest absolute Gasteiger partial charge is 0.197 e. The summed E-state index contributed by atoms with van der Waals surface area (Å²) in [4.78, 5) is 0. The Balaban J connectivity index is 2.65. The zero-order valence-corrected chi connectivity index (χ0v) is 13.2. The highest BCUT2D eigenvalue weighted by atomic mass is 14.6. The van der Waals surface area contributed by atoms with Crippen molar-refractivity contribution in [2.75, 3.05) is 0 Å². The molecule has 0 aliphatic heterocycles. The molecule has 2 nitrogen and oxygen atoms in total. The van der Waals surface area contributed by atoms with Gasteiger partial charge < -0.3 is 0 Å². The fraction of sp³-hybridized carbons (Fsp3) is 0.474. The van der Waals surface area contributed by atoms with Crippen LogP contribution in [0.3, 0.4) is 0 Å². The summed E-state index contributed by atoms with van der Waals surface area (Å²) in [5.41, 5.74) is 1.23. The molecule has 1 aromatic rings. The minimum atomic E-state index is -1.00. The standard InChI is InChI=1S/C19H22N2/c1-14-10-16(15-8-6-5-7-9-15)19(12-20,13-21)17(11-14)18(2,3)4/h5-10,16-17H,11H2,1-4H3/t16-,17-/m0/s1. The Hall–Kier alpha value is -2.06. The van der Waals surface area contributed by atoms with Crippen LogP contribution in [-0.4, -0.2) is 0 Å². The molecule has 0 fully saturated rings. The summed E-state index contributed by atoms with van der Waals surface area (Å²) in [6.45, 7) is 8.48. The second-order valence-corrected chi connectivity index (χ2v) is 7.12. The van der Waals surface area contributed by atoms with Crippen LogP contribution in [0.5, 0.6) is 0 Å². The summed E-state index contributed by atoms with van der Waals surface area (Å²) in [5.74, 6) is -0.137. The maximum Gasteiger partial charge on any atom is 0.157 e. The van der Waals surface area contributed by atoms with E-state index in [0.29, 0.717) is 0 Å². The van der Waals surface area contributed by atoms with Gasteiger partial charge >= 0.3 is 0 Å². The first-order valence-electron chi connectivity index (χ1n) is 7.40. The van der Waals surface area contributed by atoms with Crippen LogP contribution in [0.15, 0.2) is 42.0 Å². The van der Waals surface area contributed by atoms with Crippen molar-refractivity contribution in [1.29, 1.82) is 10.5 Å². The van der Waals surface area contributed by atoms with Crippen LogP contribution in [0, 0.1) is 39.4 Å². The Morgan fingerprint density at radius 3 is 2.14 bits per heavy atom. The SMILES string of the molecule is CC1=C[C@@H](c2ccccc2)C(C#N)(C#N)[C@H](C(C)(C)C)C1. The lowest BCUT2D eigenvalue weighted by molar-refractivity contribution is 0.122. The van der Waals surface area contributed by atoms with Gasteiger partial charge in [0.1, 0.15) is 0 Å². The average molecular weight is 278 g/mol. The van der Waals surface area contributed by atoms with E-state index in [1.165, 1.54) is 5.57 Å². The van der Waals surface area contributed by atoms with E-state index in [-0.39, 0.29) is 17.3 Å². The zero-order chi connectivity index (χ0) is 15.7. The van der Waals surface area contributed by atoms with Gasteiger partial charge in [0.2, 0.25) is 0 Å². The lowest BCUT2D eigenvalue weighted by Gasteiger charge is -2.45. The van der Waals surface area contributed by atoms with E-state index >= 15 is 0 Å². The molecule has 21 heavy (non-hydrogen) atoms. The van der Waals surface area contributed by atoms with E-state index in [1.54, 1.807) is 0 Å². The first-order chi connectivity index (χ1) is 9.85. The third-order valence-corrected chi connectivity index (χ3v) is 4.59. The first kappa shape index (κ1) is 15.3. The van der Waals surface area contributed by atoms with Gasteiger partial charge in [-0.15, -0.1) is 0 Å². The minimum absolute atomic E-state index is 0.0233. The second-order valence-electron chi connectivity index (χ2n) is 7.12. The number of hydrogen-bond donors (Lipinski definition) is 0. The van der Waals surface area contributed by atoms with Gasteiger partial charge in [-0.1, -0.05) is 62.8 Å². The van der Waals surface area contributed by atoms with Crippen LogP contribution >= 0.6 is 0 Å². The van der Waals surface area contributed by atoms with Gasteiger partial charge in [-0.25, -0.2) is 0 Å². The number of allylic oxidation sites excluding steroid dienone is 2. The molecular weight excluding hydrogens is 256 g/mol. The van der Waals surface area contributed by atoms with E-state index < -0.39 is 5.41 Å². The lowest BCUT2D eigenvalue weighted by atomic mass is 9.54. The minimum Gasteiger partial charge on any atom is -0.197 e. The summed E-state index contributed by atoms with van der Waals surface area (Å²) in [5, 5.41) is 19.8. The molecule has 0 heterocycles. The van der Waals surface area contributed by atoms with Gasteiger partial charge in [-0.3, -0.25) is 0 Å². The van der Waals surface area contributed by atoms with Crippen LogP contribution in [0.4, 0.5) is 0 Å². The van der Waals surface area contributed by atoms with Crippen molar-refractivity contribution in [3.8, 4) is 12.1 Å². The summed E-state index contributed by atoms with van der Waals surface area (Å²) >= 11 is 0. The Morgan fingerprint density at radius 2 is 1.67 bits per heavy atom. The smallest absolute Gasteiger partial charge is 0.157 e. The van der Waals surface area contributed by atoms with Crippen molar-refractivity contribution < 1.29 is 0 Å². The molecule has 0 unspecified atom stereocenters. The molecule has 1 aliphatic rings. The van der Waals surface area contributed by atoms with Gasteiger partial charge in [0.25, 0.3) is 0 Å². The van der Waals surface area contributed by atoms with E-state index in [4.69, 9.17) is 0 Å². The normalized spacial score (nSPS) is 24.6. The molecule has 2 rings (SSSR count). The summed E-state index contributed by atoms with van der Waals surface area (Å²) in [6.07, 6.45) is 2.93. The topological polar surface area (TPSA) is 47.6 Å². The van der Waals surface area contributed by atoms with E-state index in [0.717, 1.165) is 12.0 Å². The second kappa shape index (κ2) is 5.38. The molecule has 1 aromatic carbocycles. The molecule has 1 aliphatic carbocycles. The fourth-order valence-corrected chi connectivity index (χ4v) is 3.51. The molecule has 0 amide bonds.